The van der Waals surface area contributed by atoms with E-state index in [1.54, 1.807) is 12.1 Å². The zero-order valence-corrected chi connectivity index (χ0v) is 12.0. The minimum atomic E-state index is -0.461. The Bertz CT molecular complexity index is 635. The van der Waals surface area contributed by atoms with E-state index in [0.717, 1.165) is 11.1 Å². The number of alkyl carbamates (subject to hydrolysis) is 1. The molecule has 0 aliphatic carbocycles. The van der Waals surface area contributed by atoms with Crippen LogP contribution in [0.2, 0.25) is 0 Å². The number of benzene rings is 2. The van der Waals surface area contributed by atoms with Gasteiger partial charge in [0.1, 0.15) is 6.61 Å². The summed E-state index contributed by atoms with van der Waals surface area (Å²) in [6.07, 6.45) is -0.461. The summed E-state index contributed by atoms with van der Waals surface area (Å²) in [7, 11) is 0. The zero-order chi connectivity index (χ0) is 15.8. The van der Waals surface area contributed by atoms with Crippen molar-refractivity contribution in [1.82, 2.24) is 5.32 Å². The van der Waals surface area contributed by atoms with E-state index in [1.165, 1.54) is 0 Å². The second kappa shape index (κ2) is 7.68. The van der Waals surface area contributed by atoms with Gasteiger partial charge in [0.25, 0.3) is 0 Å². The van der Waals surface area contributed by atoms with Gasteiger partial charge in [0.2, 0.25) is 0 Å². The standard InChI is InChI=1S/C16H18N4O2/c17-15(18)20-14-8-6-12(7-9-14)10-19-16(21)22-11-13-4-2-1-3-5-13/h1-9H,10-11H2,(H,19,21)(H4,17,18,20). The van der Waals surface area contributed by atoms with Crippen molar-refractivity contribution in [3.05, 3.63) is 65.7 Å². The van der Waals surface area contributed by atoms with Crippen LogP contribution in [0.25, 0.3) is 0 Å². The summed E-state index contributed by atoms with van der Waals surface area (Å²) >= 11 is 0. The molecular weight excluding hydrogens is 280 g/mol. The predicted octanol–water partition coefficient (Wildman–Crippen LogP) is 2.02. The van der Waals surface area contributed by atoms with Crippen molar-refractivity contribution in [1.29, 1.82) is 0 Å². The molecule has 0 spiro atoms. The molecule has 0 atom stereocenters. The fourth-order valence-corrected chi connectivity index (χ4v) is 1.79. The lowest BCUT2D eigenvalue weighted by Crippen LogP contribution is -2.23. The molecular formula is C16H18N4O2. The summed E-state index contributed by atoms with van der Waals surface area (Å²) in [6, 6.07) is 16.7. The number of aliphatic imine (C=N–C) groups is 1. The first kappa shape index (κ1) is 15.4. The Balaban J connectivity index is 1.77. The molecule has 2 aromatic carbocycles. The Morgan fingerprint density at radius 2 is 1.68 bits per heavy atom. The minimum absolute atomic E-state index is 0.00960. The van der Waals surface area contributed by atoms with Gasteiger partial charge < -0.3 is 21.5 Å². The van der Waals surface area contributed by atoms with Gasteiger partial charge in [-0.15, -0.1) is 0 Å². The van der Waals surface area contributed by atoms with E-state index in [2.05, 4.69) is 10.3 Å². The minimum Gasteiger partial charge on any atom is -0.445 e. The molecule has 0 aliphatic rings. The summed E-state index contributed by atoms with van der Waals surface area (Å²) < 4.78 is 5.12. The topological polar surface area (TPSA) is 103 Å². The van der Waals surface area contributed by atoms with E-state index < -0.39 is 6.09 Å². The molecule has 6 heteroatoms. The Morgan fingerprint density at radius 1 is 1.00 bits per heavy atom. The van der Waals surface area contributed by atoms with Crippen molar-refractivity contribution in [2.75, 3.05) is 0 Å². The van der Waals surface area contributed by atoms with Gasteiger partial charge in [-0.25, -0.2) is 9.79 Å². The molecule has 0 saturated carbocycles. The Kier molecular flexibility index (Phi) is 5.37. The van der Waals surface area contributed by atoms with E-state index in [9.17, 15) is 4.79 Å². The van der Waals surface area contributed by atoms with Crippen LogP contribution >= 0.6 is 0 Å². The van der Waals surface area contributed by atoms with Crippen LogP contribution in [-0.4, -0.2) is 12.1 Å². The highest BCUT2D eigenvalue weighted by Crippen LogP contribution is 2.12. The third-order valence-corrected chi connectivity index (χ3v) is 2.84. The smallest absolute Gasteiger partial charge is 0.407 e. The Hall–Kier alpha value is -3.02. The van der Waals surface area contributed by atoms with Crippen LogP contribution in [0.3, 0.4) is 0 Å². The summed E-state index contributed by atoms with van der Waals surface area (Å²) in [5.41, 5.74) is 13.1. The van der Waals surface area contributed by atoms with E-state index in [-0.39, 0.29) is 12.6 Å². The lowest BCUT2D eigenvalue weighted by Gasteiger charge is -2.07. The fourth-order valence-electron chi connectivity index (χ4n) is 1.79. The van der Waals surface area contributed by atoms with Crippen molar-refractivity contribution in [2.45, 2.75) is 13.2 Å². The number of hydrogen-bond donors (Lipinski definition) is 3. The number of nitrogens with one attached hydrogen (secondary N) is 1. The molecule has 0 bridgehead atoms. The van der Waals surface area contributed by atoms with E-state index in [1.807, 2.05) is 42.5 Å². The van der Waals surface area contributed by atoms with Crippen LogP contribution in [0, 0.1) is 0 Å². The van der Waals surface area contributed by atoms with Gasteiger partial charge in [-0.2, -0.15) is 0 Å². The molecule has 114 valence electrons. The number of nitrogens with zero attached hydrogens (tertiary/aromatic N) is 1. The number of hydrogen-bond acceptors (Lipinski definition) is 3. The van der Waals surface area contributed by atoms with Gasteiger partial charge in [-0.1, -0.05) is 42.5 Å². The number of guanidine groups is 1. The van der Waals surface area contributed by atoms with Gasteiger partial charge in [0.05, 0.1) is 5.69 Å². The summed E-state index contributed by atoms with van der Waals surface area (Å²) in [4.78, 5) is 15.5. The van der Waals surface area contributed by atoms with Gasteiger partial charge >= 0.3 is 6.09 Å². The first-order valence-corrected chi connectivity index (χ1v) is 6.76. The SMILES string of the molecule is NC(N)=Nc1ccc(CNC(=O)OCc2ccccc2)cc1. The molecule has 5 N–H and O–H groups in total. The molecule has 0 aliphatic heterocycles. The van der Waals surface area contributed by atoms with Gasteiger partial charge in [-0.3, -0.25) is 0 Å². The molecule has 0 saturated heterocycles. The zero-order valence-electron chi connectivity index (χ0n) is 12.0. The largest absolute Gasteiger partial charge is 0.445 e. The van der Waals surface area contributed by atoms with E-state index >= 15 is 0 Å². The predicted molar refractivity (Wildman–Crippen MR) is 85.4 cm³/mol. The molecule has 0 heterocycles. The van der Waals surface area contributed by atoms with E-state index in [0.29, 0.717) is 12.2 Å². The van der Waals surface area contributed by atoms with Crippen molar-refractivity contribution in [3.63, 3.8) is 0 Å². The third-order valence-electron chi connectivity index (χ3n) is 2.84. The molecule has 0 unspecified atom stereocenters. The highest BCUT2D eigenvalue weighted by molar-refractivity contribution is 5.78. The number of ether oxygens (including phenoxy) is 1. The lowest BCUT2D eigenvalue weighted by molar-refractivity contribution is 0.139. The summed E-state index contributed by atoms with van der Waals surface area (Å²) in [5, 5.41) is 2.68. The van der Waals surface area contributed by atoms with Crippen LogP contribution in [-0.2, 0) is 17.9 Å². The lowest BCUT2D eigenvalue weighted by atomic mass is 10.2. The molecule has 6 nitrogen and oxygen atoms in total. The normalized spacial score (nSPS) is 9.82. The maximum Gasteiger partial charge on any atom is 0.407 e. The highest BCUT2D eigenvalue weighted by atomic mass is 16.5. The summed E-state index contributed by atoms with van der Waals surface area (Å²) in [5.74, 6) is 0.00960. The number of carbonyl (C=O) groups excluding carboxylic acids is 1. The van der Waals surface area contributed by atoms with Crippen molar-refractivity contribution in [2.24, 2.45) is 16.5 Å². The van der Waals surface area contributed by atoms with Crippen molar-refractivity contribution < 1.29 is 9.53 Å². The first-order chi connectivity index (χ1) is 10.6. The van der Waals surface area contributed by atoms with Gasteiger partial charge in [0, 0.05) is 6.54 Å². The molecule has 22 heavy (non-hydrogen) atoms. The van der Waals surface area contributed by atoms with Crippen molar-refractivity contribution >= 4 is 17.7 Å². The molecule has 0 radical (unpaired) electrons. The van der Waals surface area contributed by atoms with Crippen molar-refractivity contribution in [3.8, 4) is 0 Å². The summed E-state index contributed by atoms with van der Waals surface area (Å²) in [6.45, 7) is 0.617. The van der Waals surface area contributed by atoms with Crippen LogP contribution in [0.5, 0.6) is 0 Å². The number of rotatable bonds is 5. The average molecular weight is 298 g/mol. The third kappa shape index (κ3) is 5.16. The number of carbonyl (C=O) groups is 1. The van der Waals surface area contributed by atoms with Crippen LogP contribution in [0.1, 0.15) is 11.1 Å². The van der Waals surface area contributed by atoms with Gasteiger partial charge in [-0.05, 0) is 23.3 Å². The highest BCUT2D eigenvalue weighted by Gasteiger charge is 2.02. The average Bonchev–Trinajstić information content (AvgIpc) is 2.53. The fraction of sp³-hybridized carbons (Fsp3) is 0.125. The Morgan fingerprint density at radius 3 is 2.32 bits per heavy atom. The van der Waals surface area contributed by atoms with Crippen LogP contribution in [0.4, 0.5) is 10.5 Å². The van der Waals surface area contributed by atoms with Crippen LogP contribution < -0.4 is 16.8 Å². The number of nitrogens with two attached hydrogens (primary N) is 2. The maximum absolute atomic E-state index is 11.6. The molecule has 0 aromatic heterocycles. The maximum atomic E-state index is 11.6. The number of amides is 1. The molecule has 2 aromatic rings. The molecule has 1 amide bonds. The molecule has 2 rings (SSSR count). The van der Waals surface area contributed by atoms with Crippen LogP contribution in [0.15, 0.2) is 59.6 Å². The molecule has 0 fully saturated rings. The quantitative estimate of drug-likeness (QED) is 0.580. The first-order valence-electron chi connectivity index (χ1n) is 6.76. The second-order valence-corrected chi connectivity index (χ2v) is 4.62. The second-order valence-electron chi connectivity index (χ2n) is 4.62. The monoisotopic (exact) mass is 298 g/mol. The Labute approximate surface area is 128 Å². The van der Waals surface area contributed by atoms with Gasteiger partial charge in [0.15, 0.2) is 5.96 Å². The van der Waals surface area contributed by atoms with E-state index in [4.69, 9.17) is 16.2 Å².